The Hall–Kier alpha value is -3.36. The molecule has 9 nitrogen and oxygen atoms in total. The minimum Gasteiger partial charge on any atom is -0.497 e. The van der Waals surface area contributed by atoms with Crippen molar-refractivity contribution in [3.05, 3.63) is 29.8 Å². The number of rotatable bonds is 2. The molecule has 1 N–H and O–H groups in total. The third-order valence-electron chi connectivity index (χ3n) is 9.57. The fourth-order valence-corrected chi connectivity index (χ4v) is 7.14. The largest absolute Gasteiger partial charge is 0.497 e. The first-order valence-electron chi connectivity index (χ1n) is 15.9. The molecule has 0 unspecified atom stereocenters. The number of carbonyl (C=O) groups excluding carboxylic acids is 3. The highest BCUT2D eigenvalue weighted by molar-refractivity contribution is 5.92. The van der Waals surface area contributed by atoms with Gasteiger partial charge in [0.05, 0.1) is 25.2 Å². The second-order valence-electron chi connectivity index (χ2n) is 13.8. The second kappa shape index (κ2) is 12.7. The van der Waals surface area contributed by atoms with Gasteiger partial charge in [-0.15, -0.1) is 0 Å². The number of Topliss-reactive ketones (excluding diaryl/α,β-unsaturated/α-hetero) is 1. The van der Waals surface area contributed by atoms with Gasteiger partial charge in [0.1, 0.15) is 24.0 Å². The topological polar surface area (TPSA) is 107 Å². The van der Waals surface area contributed by atoms with Gasteiger partial charge in [-0.3, -0.25) is 9.59 Å². The molecule has 43 heavy (non-hydrogen) atoms. The van der Waals surface area contributed by atoms with Crippen molar-refractivity contribution in [3.8, 4) is 11.6 Å². The third kappa shape index (κ3) is 6.75. The van der Waals surface area contributed by atoms with Gasteiger partial charge in [0, 0.05) is 22.9 Å². The Morgan fingerprint density at radius 1 is 1.02 bits per heavy atom. The smallest absolute Gasteiger partial charge is 0.408 e. The summed E-state index contributed by atoms with van der Waals surface area (Å²) in [6.45, 7) is 9.42. The molecule has 2 fully saturated rings. The van der Waals surface area contributed by atoms with E-state index < -0.39 is 29.7 Å². The van der Waals surface area contributed by atoms with Gasteiger partial charge in [0.15, 0.2) is 5.78 Å². The number of nitrogens with zero attached hydrogens (tertiary/aromatic N) is 2. The van der Waals surface area contributed by atoms with Gasteiger partial charge in [-0.05, 0) is 75.0 Å². The van der Waals surface area contributed by atoms with Crippen molar-refractivity contribution < 1.29 is 28.6 Å². The number of ketones is 1. The van der Waals surface area contributed by atoms with Crippen molar-refractivity contribution in [1.29, 1.82) is 0 Å². The van der Waals surface area contributed by atoms with Crippen LogP contribution in [0.15, 0.2) is 24.3 Å². The van der Waals surface area contributed by atoms with E-state index in [1.165, 1.54) is 6.92 Å². The maximum absolute atomic E-state index is 14.2. The SMILES string of the molecule is COc1ccc2cc3c(nc2c1)O[C@H]1CN(C(=O)[C@H](C(C)(C)C)NC(=O)O[C@@H]2CCC[C@H]2CCCCC3)[C@H](C(C)=O)[C@@H]1C. The standard InChI is InChI=1S/C34H47N3O6/c1-20-28-19-37(29(20)21(2)38)32(39)30(34(3,4)5)36-33(40)43-27-14-10-13-22(27)11-8-7-9-12-24-17-23-15-16-25(41-6)18-26(23)35-31(24)42-28/h15-18,20,22,27-30H,7-14,19H2,1-6H3,(H,36,40)/t20-,22-,27-,28+,29+,30-/m1/s1. The summed E-state index contributed by atoms with van der Waals surface area (Å²) in [4.78, 5) is 46.9. The number of hydrogen-bond acceptors (Lipinski definition) is 7. The van der Waals surface area contributed by atoms with Gasteiger partial charge in [-0.2, -0.15) is 0 Å². The second-order valence-corrected chi connectivity index (χ2v) is 13.8. The van der Waals surface area contributed by atoms with Crippen LogP contribution in [-0.2, 0) is 20.7 Å². The third-order valence-corrected chi connectivity index (χ3v) is 9.57. The molecule has 2 bridgehead atoms. The number of nitrogens with one attached hydrogen (secondary N) is 1. The maximum atomic E-state index is 14.2. The number of aromatic nitrogens is 1. The summed E-state index contributed by atoms with van der Waals surface area (Å²) in [6, 6.07) is 6.44. The molecule has 3 heterocycles. The summed E-state index contributed by atoms with van der Waals surface area (Å²) in [6.07, 6.45) is 6.67. The molecule has 9 heteroatoms. The van der Waals surface area contributed by atoms with Crippen molar-refractivity contribution in [2.45, 2.75) is 110 Å². The highest BCUT2D eigenvalue weighted by atomic mass is 16.6. The summed E-state index contributed by atoms with van der Waals surface area (Å²) in [5.74, 6) is 0.895. The number of hydrogen-bond donors (Lipinski definition) is 1. The fraction of sp³-hybridized carbons (Fsp3) is 0.647. The molecule has 1 saturated heterocycles. The number of carbonyl (C=O) groups is 3. The van der Waals surface area contributed by atoms with E-state index in [1.54, 1.807) is 12.0 Å². The van der Waals surface area contributed by atoms with Crippen LogP contribution in [0.5, 0.6) is 11.6 Å². The van der Waals surface area contributed by atoms with Crippen LogP contribution < -0.4 is 14.8 Å². The number of aryl methyl sites for hydroxylation is 1. The number of benzene rings is 1. The maximum Gasteiger partial charge on any atom is 0.408 e. The normalized spacial score (nSPS) is 29.0. The van der Waals surface area contributed by atoms with Gasteiger partial charge in [-0.1, -0.05) is 40.5 Å². The highest BCUT2D eigenvalue weighted by Crippen LogP contribution is 2.36. The number of alkyl carbamates (subject to hydrolysis) is 1. The number of amides is 2. The first-order valence-corrected chi connectivity index (χ1v) is 15.9. The first-order chi connectivity index (χ1) is 20.5. The predicted molar refractivity (Wildman–Crippen MR) is 164 cm³/mol. The Morgan fingerprint density at radius 2 is 1.79 bits per heavy atom. The molecule has 3 aliphatic rings. The Balaban J connectivity index is 1.52. The zero-order chi connectivity index (χ0) is 30.9. The molecule has 1 aromatic carbocycles. The van der Waals surface area contributed by atoms with Gasteiger partial charge < -0.3 is 24.4 Å². The molecule has 2 aliphatic heterocycles. The van der Waals surface area contributed by atoms with Crippen LogP contribution in [-0.4, -0.2) is 65.6 Å². The summed E-state index contributed by atoms with van der Waals surface area (Å²) in [5, 5.41) is 3.91. The molecular weight excluding hydrogens is 546 g/mol. The quantitative estimate of drug-likeness (QED) is 0.465. The van der Waals surface area contributed by atoms with E-state index in [2.05, 4.69) is 11.4 Å². The van der Waals surface area contributed by atoms with Crippen LogP contribution in [0, 0.1) is 17.3 Å². The number of ether oxygens (including phenoxy) is 3. The van der Waals surface area contributed by atoms with Crippen LogP contribution in [0.4, 0.5) is 4.79 Å². The zero-order valence-electron chi connectivity index (χ0n) is 26.5. The lowest BCUT2D eigenvalue weighted by Gasteiger charge is -2.35. The Kier molecular flexibility index (Phi) is 9.18. The Bertz CT molecular complexity index is 1350. The molecule has 5 rings (SSSR count). The average molecular weight is 594 g/mol. The minimum atomic E-state index is -0.867. The van der Waals surface area contributed by atoms with Crippen LogP contribution in [0.3, 0.4) is 0 Å². The van der Waals surface area contributed by atoms with E-state index >= 15 is 0 Å². The average Bonchev–Trinajstić information content (AvgIpc) is 3.53. The molecule has 0 spiro atoms. The van der Waals surface area contributed by atoms with E-state index in [9.17, 15) is 14.4 Å². The summed E-state index contributed by atoms with van der Waals surface area (Å²) < 4.78 is 18.0. The van der Waals surface area contributed by atoms with E-state index in [0.717, 1.165) is 67.8 Å². The summed E-state index contributed by atoms with van der Waals surface area (Å²) in [5.41, 5.74) is 1.18. The van der Waals surface area contributed by atoms with Crippen LogP contribution in [0.2, 0.25) is 0 Å². The van der Waals surface area contributed by atoms with Crippen molar-refractivity contribution in [3.63, 3.8) is 0 Å². The molecule has 1 aliphatic carbocycles. The molecule has 1 aromatic heterocycles. The van der Waals surface area contributed by atoms with Crippen molar-refractivity contribution in [1.82, 2.24) is 15.2 Å². The van der Waals surface area contributed by atoms with Crippen molar-refractivity contribution in [2.24, 2.45) is 17.3 Å². The van der Waals surface area contributed by atoms with Gasteiger partial charge in [0.2, 0.25) is 11.8 Å². The van der Waals surface area contributed by atoms with Crippen LogP contribution >= 0.6 is 0 Å². The zero-order valence-corrected chi connectivity index (χ0v) is 26.5. The highest BCUT2D eigenvalue weighted by Gasteiger charge is 2.49. The van der Waals surface area contributed by atoms with Crippen molar-refractivity contribution >= 4 is 28.7 Å². The van der Waals surface area contributed by atoms with Gasteiger partial charge in [0.25, 0.3) is 0 Å². The van der Waals surface area contributed by atoms with Gasteiger partial charge in [-0.25, -0.2) is 9.78 Å². The Labute approximate surface area is 255 Å². The van der Waals surface area contributed by atoms with E-state index in [4.69, 9.17) is 19.2 Å². The molecule has 1 saturated carbocycles. The Morgan fingerprint density at radius 3 is 2.51 bits per heavy atom. The predicted octanol–water partition coefficient (Wildman–Crippen LogP) is 5.85. The summed E-state index contributed by atoms with van der Waals surface area (Å²) in [7, 11) is 1.63. The monoisotopic (exact) mass is 593 g/mol. The van der Waals surface area contributed by atoms with E-state index in [1.807, 2.05) is 45.9 Å². The van der Waals surface area contributed by atoms with Crippen LogP contribution in [0.1, 0.15) is 85.1 Å². The van der Waals surface area contributed by atoms with Crippen LogP contribution in [0.25, 0.3) is 10.9 Å². The molecule has 6 atom stereocenters. The summed E-state index contributed by atoms with van der Waals surface area (Å²) >= 11 is 0. The van der Waals surface area contributed by atoms with Crippen molar-refractivity contribution in [2.75, 3.05) is 13.7 Å². The lowest BCUT2D eigenvalue weighted by atomic mass is 9.85. The molecule has 2 aromatic rings. The molecule has 234 valence electrons. The van der Waals surface area contributed by atoms with Gasteiger partial charge >= 0.3 is 6.09 Å². The molecule has 2 amide bonds. The molecule has 0 radical (unpaired) electrons. The number of methoxy groups -OCH3 is 1. The number of pyridine rings is 1. The fourth-order valence-electron chi connectivity index (χ4n) is 7.14. The van der Waals surface area contributed by atoms with E-state index in [-0.39, 0.29) is 30.3 Å². The minimum absolute atomic E-state index is 0.113. The number of fused-ring (bicyclic) bond motifs is 5. The molecular formula is C34H47N3O6. The first kappa shape index (κ1) is 31.1. The lowest BCUT2D eigenvalue weighted by Crippen LogP contribution is -2.57. The lowest BCUT2D eigenvalue weighted by molar-refractivity contribution is -0.141. The van der Waals surface area contributed by atoms with E-state index in [0.29, 0.717) is 17.5 Å².